The van der Waals surface area contributed by atoms with Crippen LogP contribution in [-0.2, 0) is 5.54 Å². The zero-order valence-electron chi connectivity index (χ0n) is 13.2. The Hall–Kier alpha value is -1.55. The fraction of sp³-hybridized carbons (Fsp3) is 0.588. The van der Waals surface area contributed by atoms with Crippen LogP contribution in [0, 0.1) is 0 Å². The van der Waals surface area contributed by atoms with Gasteiger partial charge in [0.1, 0.15) is 11.6 Å². The van der Waals surface area contributed by atoms with Crippen molar-refractivity contribution in [3.63, 3.8) is 0 Å². The molecule has 114 valence electrons. The number of imidazole rings is 1. The van der Waals surface area contributed by atoms with Crippen molar-refractivity contribution in [3.8, 4) is 5.75 Å². The van der Waals surface area contributed by atoms with Crippen LogP contribution in [0.2, 0.25) is 0 Å². The average Bonchev–Trinajstić information content (AvgIpc) is 2.87. The molecule has 0 atom stereocenters. The third-order valence-electron chi connectivity index (χ3n) is 4.60. The van der Waals surface area contributed by atoms with Gasteiger partial charge in [-0.15, -0.1) is 0 Å². The van der Waals surface area contributed by atoms with Crippen LogP contribution in [0.1, 0.15) is 57.8 Å². The number of methoxy groups -OCH3 is 1. The first-order valence-corrected chi connectivity index (χ1v) is 7.90. The van der Waals surface area contributed by atoms with Gasteiger partial charge in [0.25, 0.3) is 0 Å². The van der Waals surface area contributed by atoms with E-state index in [0.717, 1.165) is 35.4 Å². The molecule has 0 amide bonds. The molecular weight excluding hydrogens is 262 g/mol. The van der Waals surface area contributed by atoms with Gasteiger partial charge in [0, 0.05) is 12.1 Å². The molecule has 1 fully saturated rings. The molecule has 0 spiro atoms. The maximum atomic E-state index is 6.74. The quantitative estimate of drug-likeness (QED) is 0.935. The van der Waals surface area contributed by atoms with Crippen LogP contribution in [0.25, 0.3) is 11.0 Å². The molecule has 0 bridgehead atoms. The van der Waals surface area contributed by atoms with Crippen LogP contribution in [0.15, 0.2) is 18.2 Å². The van der Waals surface area contributed by atoms with Crippen LogP contribution < -0.4 is 10.5 Å². The molecule has 1 saturated carbocycles. The van der Waals surface area contributed by atoms with Crippen molar-refractivity contribution >= 4 is 11.0 Å². The molecule has 1 aromatic heterocycles. The number of fused-ring (bicyclic) bond motifs is 1. The van der Waals surface area contributed by atoms with Crippen LogP contribution in [0.3, 0.4) is 0 Å². The highest BCUT2D eigenvalue weighted by Crippen LogP contribution is 2.37. The molecule has 0 saturated heterocycles. The smallest absolute Gasteiger partial charge is 0.130 e. The SMILES string of the molecule is COc1ccc2c(c1)nc(C1(N)CCCCC1)n2C(C)C. The van der Waals surface area contributed by atoms with Gasteiger partial charge in [0.2, 0.25) is 0 Å². The molecule has 0 aliphatic heterocycles. The Bertz CT molecular complexity index is 639. The molecule has 0 unspecified atom stereocenters. The molecule has 3 rings (SSSR count). The molecule has 0 radical (unpaired) electrons. The van der Waals surface area contributed by atoms with Gasteiger partial charge < -0.3 is 15.0 Å². The second kappa shape index (κ2) is 5.34. The van der Waals surface area contributed by atoms with Gasteiger partial charge in [-0.1, -0.05) is 19.3 Å². The molecular formula is C17H25N3O. The van der Waals surface area contributed by atoms with Crippen LogP contribution in [-0.4, -0.2) is 16.7 Å². The molecule has 4 nitrogen and oxygen atoms in total. The summed E-state index contributed by atoms with van der Waals surface area (Å²) in [4.78, 5) is 4.90. The summed E-state index contributed by atoms with van der Waals surface area (Å²) in [7, 11) is 1.69. The number of rotatable bonds is 3. The Morgan fingerprint density at radius 2 is 1.95 bits per heavy atom. The summed E-state index contributed by atoms with van der Waals surface area (Å²) in [6.07, 6.45) is 5.73. The largest absolute Gasteiger partial charge is 0.497 e. The van der Waals surface area contributed by atoms with Gasteiger partial charge in [-0.05, 0) is 38.8 Å². The van der Waals surface area contributed by atoms with Gasteiger partial charge in [-0.25, -0.2) is 4.98 Å². The number of aromatic nitrogens is 2. The highest BCUT2D eigenvalue weighted by Gasteiger charge is 2.35. The summed E-state index contributed by atoms with van der Waals surface area (Å²) < 4.78 is 7.63. The number of ether oxygens (including phenoxy) is 1. The fourth-order valence-electron chi connectivity index (χ4n) is 3.49. The van der Waals surface area contributed by atoms with Crippen molar-refractivity contribution in [2.45, 2.75) is 57.5 Å². The van der Waals surface area contributed by atoms with Crippen molar-refractivity contribution in [2.75, 3.05) is 7.11 Å². The summed E-state index contributed by atoms with van der Waals surface area (Å²) in [5.41, 5.74) is 8.59. The fourth-order valence-corrected chi connectivity index (χ4v) is 3.49. The van der Waals surface area contributed by atoms with E-state index < -0.39 is 0 Å². The van der Waals surface area contributed by atoms with Crippen molar-refractivity contribution in [1.82, 2.24) is 9.55 Å². The normalized spacial score (nSPS) is 18.3. The molecule has 1 aliphatic carbocycles. The number of nitrogens with two attached hydrogens (primary N) is 1. The Balaban J connectivity index is 2.18. The van der Waals surface area contributed by atoms with E-state index in [1.54, 1.807) is 7.11 Å². The molecule has 1 aliphatic rings. The summed E-state index contributed by atoms with van der Waals surface area (Å²) in [5, 5.41) is 0. The molecule has 2 N–H and O–H groups in total. The van der Waals surface area contributed by atoms with E-state index in [1.165, 1.54) is 19.3 Å². The van der Waals surface area contributed by atoms with Gasteiger partial charge in [-0.2, -0.15) is 0 Å². The number of benzene rings is 1. The van der Waals surface area contributed by atoms with Crippen LogP contribution >= 0.6 is 0 Å². The molecule has 21 heavy (non-hydrogen) atoms. The lowest BCUT2D eigenvalue weighted by molar-refractivity contribution is 0.275. The number of hydrogen-bond acceptors (Lipinski definition) is 3. The topological polar surface area (TPSA) is 53.1 Å². The van der Waals surface area contributed by atoms with E-state index in [4.69, 9.17) is 15.5 Å². The first-order chi connectivity index (χ1) is 10.0. The van der Waals surface area contributed by atoms with Gasteiger partial charge in [0.15, 0.2) is 0 Å². The van der Waals surface area contributed by atoms with Crippen molar-refractivity contribution in [1.29, 1.82) is 0 Å². The Morgan fingerprint density at radius 3 is 2.57 bits per heavy atom. The maximum absolute atomic E-state index is 6.74. The maximum Gasteiger partial charge on any atom is 0.130 e. The minimum atomic E-state index is -0.283. The average molecular weight is 287 g/mol. The predicted molar refractivity (Wildman–Crippen MR) is 85.6 cm³/mol. The highest BCUT2D eigenvalue weighted by atomic mass is 16.5. The van der Waals surface area contributed by atoms with Crippen molar-refractivity contribution in [2.24, 2.45) is 5.73 Å². The minimum absolute atomic E-state index is 0.283. The van der Waals surface area contributed by atoms with E-state index >= 15 is 0 Å². The van der Waals surface area contributed by atoms with E-state index in [1.807, 2.05) is 12.1 Å². The Labute approximate surface area is 126 Å². The van der Waals surface area contributed by atoms with Crippen LogP contribution in [0.5, 0.6) is 5.75 Å². The summed E-state index contributed by atoms with van der Waals surface area (Å²) >= 11 is 0. The molecule has 1 aromatic carbocycles. The summed E-state index contributed by atoms with van der Waals surface area (Å²) in [6.45, 7) is 4.39. The second-order valence-corrected chi connectivity index (χ2v) is 6.47. The van der Waals surface area contributed by atoms with Crippen molar-refractivity contribution < 1.29 is 4.74 Å². The molecule has 1 heterocycles. The van der Waals surface area contributed by atoms with Crippen LogP contribution in [0.4, 0.5) is 0 Å². The van der Waals surface area contributed by atoms with E-state index in [2.05, 4.69) is 24.5 Å². The van der Waals surface area contributed by atoms with Crippen molar-refractivity contribution in [3.05, 3.63) is 24.0 Å². The lowest BCUT2D eigenvalue weighted by Crippen LogP contribution is -2.41. The monoisotopic (exact) mass is 287 g/mol. The Kier molecular flexibility index (Phi) is 3.66. The summed E-state index contributed by atoms with van der Waals surface area (Å²) in [6, 6.07) is 6.44. The third kappa shape index (κ3) is 2.42. The first-order valence-electron chi connectivity index (χ1n) is 7.90. The minimum Gasteiger partial charge on any atom is -0.497 e. The lowest BCUT2D eigenvalue weighted by Gasteiger charge is -2.34. The molecule has 2 aromatic rings. The standard InChI is InChI=1S/C17H25N3O/c1-12(2)20-15-8-7-13(21-3)11-14(15)19-16(20)17(18)9-5-4-6-10-17/h7-8,11-12H,4-6,9-10,18H2,1-3H3. The highest BCUT2D eigenvalue weighted by molar-refractivity contribution is 5.78. The zero-order valence-corrected chi connectivity index (χ0v) is 13.2. The molecule has 4 heteroatoms. The van der Waals surface area contributed by atoms with E-state index in [0.29, 0.717) is 6.04 Å². The van der Waals surface area contributed by atoms with Gasteiger partial charge in [0.05, 0.1) is 23.7 Å². The van der Waals surface area contributed by atoms with Gasteiger partial charge in [-0.3, -0.25) is 0 Å². The number of nitrogens with zero attached hydrogens (tertiary/aromatic N) is 2. The first kappa shape index (κ1) is 14.4. The van der Waals surface area contributed by atoms with E-state index in [9.17, 15) is 0 Å². The Morgan fingerprint density at radius 1 is 1.24 bits per heavy atom. The third-order valence-corrected chi connectivity index (χ3v) is 4.60. The lowest BCUT2D eigenvalue weighted by atomic mass is 9.82. The summed E-state index contributed by atoms with van der Waals surface area (Å²) in [5.74, 6) is 1.89. The predicted octanol–water partition coefficient (Wildman–Crippen LogP) is 3.74. The zero-order chi connectivity index (χ0) is 15.0. The number of hydrogen-bond donors (Lipinski definition) is 1. The second-order valence-electron chi connectivity index (χ2n) is 6.47. The van der Waals surface area contributed by atoms with Gasteiger partial charge >= 0.3 is 0 Å². The van der Waals surface area contributed by atoms with E-state index in [-0.39, 0.29) is 5.54 Å².